The van der Waals surface area contributed by atoms with E-state index in [0.29, 0.717) is 22.2 Å². The van der Waals surface area contributed by atoms with E-state index in [-0.39, 0.29) is 28.2 Å². The molecule has 0 radical (unpaired) electrons. The first-order chi connectivity index (χ1) is 16.8. The molecule has 4 rings (SSSR count). The fraction of sp³-hybridized carbons (Fsp3) is 0.0870. The summed E-state index contributed by atoms with van der Waals surface area (Å²) < 4.78 is 12.2. The molecule has 0 atom stereocenters. The first kappa shape index (κ1) is 24.0. The minimum absolute atomic E-state index is 0.0270. The molecule has 0 saturated heterocycles. The summed E-state index contributed by atoms with van der Waals surface area (Å²) >= 11 is 6.86. The van der Waals surface area contributed by atoms with Crippen molar-refractivity contribution in [2.24, 2.45) is 0 Å². The molecule has 0 fully saturated rings. The summed E-state index contributed by atoms with van der Waals surface area (Å²) in [5.74, 6) is 6.37. The number of nitrogens with zero attached hydrogens (tertiary/aromatic N) is 4. The van der Waals surface area contributed by atoms with Gasteiger partial charge < -0.3 is 15.0 Å². The van der Waals surface area contributed by atoms with Crippen LogP contribution in [0.25, 0.3) is 4.91 Å². The average Bonchev–Trinajstić information content (AvgIpc) is 3.46. The normalized spacial score (nSPS) is 11.4. The zero-order valence-electron chi connectivity index (χ0n) is 18.3. The second-order valence-electron chi connectivity index (χ2n) is 7.25. The number of aryl methyl sites for hydroxylation is 1. The summed E-state index contributed by atoms with van der Waals surface area (Å²) in [6.45, 7) is 1.94. The summed E-state index contributed by atoms with van der Waals surface area (Å²) in [4.78, 5) is 23.6. The third kappa shape index (κ3) is 5.89. The zero-order valence-corrected chi connectivity index (χ0v) is 19.8. The van der Waals surface area contributed by atoms with Crippen molar-refractivity contribution in [1.29, 1.82) is 0 Å². The van der Waals surface area contributed by atoms with Gasteiger partial charge in [-0.25, -0.2) is 4.68 Å². The number of carbonyl (C=O) groups is 1. The Morgan fingerprint density at radius 3 is 2.54 bits per heavy atom. The van der Waals surface area contributed by atoms with Crippen LogP contribution < -0.4 is 10.6 Å². The number of nitro groups is 1. The molecular formula is C23H18ClN5O5S. The van der Waals surface area contributed by atoms with E-state index in [2.05, 4.69) is 10.2 Å². The van der Waals surface area contributed by atoms with Crippen molar-refractivity contribution in [2.75, 3.05) is 5.84 Å². The molecular weight excluding hydrogens is 494 g/mol. The van der Waals surface area contributed by atoms with Gasteiger partial charge in [0.05, 0.1) is 11.0 Å². The van der Waals surface area contributed by atoms with Crippen molar-refractivity contribution >= 4 is 39.9 Å². The molecule has 0 unspecified atom stereocenters. The number of halogens is 1. The molecule has 178 valence electrons. The first-order valence-electron chi connectivity index (χ1n) is 10.1. The number of allylic oxidation sites excluding steroid dienone is 1. The third-order valence-electron chi connectivity index (χ3n) is 4.73. The van der Waals surface area contributed by atoms with Crippen molar-refractivity contribution < 1.29 is 18.9 Å². The van der Waals surface area contributed by atoms with Crippen LogP contribution >= 0.6 is 23.4 Å². The standard InChI is InChI=1S/C23H18ClN5O5S/c1-14-2-4-15(5-3-14)18(30)12-20(19-10-11-22(34-19)29(31)32)35-23-27-26-21(28(23)25)13-33-17-8-6-16(24)7-9-17/h2-12H,13,25H2,1H3/b20-12+. The van der Waals surface area contributed by atoms with Gasteiger partial charge in [-0.3, -0.25) is 14.9 Å². The van der Waals surface area contributed by atoms with Gasteiger partial charge in [-0.2, -0.15) is 0 Å². The highest BCUT2D eigenvalue weighted by Gasteiger charge is 2.20. The van der Waals surface area contributed by atoms with Gasteiger partial charge in [0.15, 0.2) is 11.6 Å². The average molecular weight is 512 g/mol. The van der Waals surface area contributed by atoms with Gasteiger partial charge in [0, 0.05) is 16.7 Å². The lowest BCUT2D eigenvalue weighted by Gasteiger charge is -2.07. The van der Waals surface area contributed by atoms with Crippen LogP contribution in [0.4, 0.5) is 5.88 Å². The molecule has 0 amide bonds. The molecule has 2 aromatic heterocycles. The number of carbonyl (C=O) groups excluding carboxylic acids is 1. The fourth-order valence-corrected chi connectivity index (χ4v) is 3.87. The van der Waals surface area contributed by atoms with E-state index >= 15 is 0 Å². The number of rotatable bonds is 9. The van der Waals surface area contributed by atoms with Gasteiger partial charge in [0.2, 0.25) is 5.16 Å². The zero-order chi connectivity index (χ0) is 24.9. The molecule has 0 saturated carbocycles. The predicted octanol–water partition coefficient (Wildman–Crippen LogP) is 5.05. The Morgan fingerprint density at radius 1 is 1.17 bits per heavy atom. The van der Waals surface area contributed by atoms with E-state index in [4.69, 9.17) is 26.6 Å². The monoisotopic (exact) mass is 511 g/mol. The number of ketones is 1. The van der Waals surface area contributed by atoms with Crippen LogP contribution in [0.2, 0.25) is 5.02 Å². The number of aromatic nitrogens is 3. The van der Waals surface area contributed by atoms with Gasteiger partial charge in [0.1, 0.15) is 23.0 Å². The van der Waals surface area contributed by atoms with E-state index in [9.17, 15) is 14.9 Å². The number of furan rings is 1. The quantitative estimate of drug-likeness (QED) is 0.0815. The smallest absolute Gasteiger partial charge is 0.433 e. The van der Waals surface area contributed by atoms with Crippen LogP contribution in [0.15, 0.2) is 76.3 Å². The highest BCUT2D eigenvalue weighted by Crippen LogP contribution is 2.35. The molecule has 0 spiro atoms. The van der Waals surface area contributed by atoms with E-state index in [1.807, 2.05) is 19.1 Å². The van der Waals surface area contributed by atoms with Crippen molar-refractivity contribution in [3.05, 3.63) is 105 Å². The van der Waals surface area contributed by atoms with Crippen LogP contribution in [0.1, 0.15) is 27.5 Å². The molecule has 12 heteroatoms. The molecule has 0 aliphatic rings. The second kappa shape index (κ2) is 10.5. The van der Waals surface area contributed by atoms with Gasteiger partial charge >= 0.3 is 5.88 Å². The Kier molecular flexibility index (Phi) is 7.18. The van der Waals surface area contributed by atoms with Crippen LogP contribution in [-0.2, 0) is 6.61 Å². The number of ether oxygens (including phenoxy) is 1. The Bertz CT molecular complexity index is 1400. The molecule has 35 heavy (non-hydrogen) atoms. The fourth-order valence-electron chi connectivity index (χ4n) is 2.88. The number of nitrogens with two attached hydrogens (primary N) is 1. The van der Waals surface area contributed by atoms with Gasteiger partial charge in [0.25, 0.3) is 0 Å². The minimum atomic E-state index is -0.661. The lowest BCUT2D eigenvalue weighted by atomic mass is 10.1. The summed E-state index contributed by atoms with van der Waals surface area (Å²) in [6.07, 6.45) is 1.32. The van der Waals surface area contributed by atoms with Crippen LogP contribution in [0.5, 0.6) is 5.75 Å². The second-order valence-corrected chi connectivity index (χ2v) is 8.69. The Balaban J connectivity index is 1.59. The Hall–Kier alpha value is -4.09. The van der Waals surface area contributed by atoms with Crippen molar-refractivity contribution in [2.45, 2.75) is 18.7 Å². The van der Waals surface area contributed by atoms with Crippen LogP contribution in [0, 0.1) is 17.0 Å². The topological polar surface area (TPSA) is 139 Å². The molecule has 2 N–H and O–H groups in total. The van der Waals surface area contributed by atoms with Crippen LogP contribution in [0.3, 0.4) is 0 Å². The molecule has 4 aromatic rings. The minimum Gasteiger partial charge on any atom is -0.486 e. The molecule has 10 nitrogen and oxygen atoms in total. The lowest BCUT2D eigenvalue weighted by Crippen LogP contribution is -2.15. The summed E-state index contributed by atoms with van der Waals surface area (Å²) in [5.41, 5.74) is 1.45. The Morgan fingerprint density at radius 2 is 1.89 bits per heavy atom. The first-order valence-corrected chi connectivity index (χ1v) is 11.3. The van der Waals surface area contributed by atoms with Crippen molar-refractivity contribution in [3.63, 3.8) is 0 Å². The van der Waals surface area contributed by atoms with Crippen molar-refractivity contribution in [3.8, 4) is 5.75 Å². The molecule has 2 heterocycles. The third-order valence-corrected chi connectivity index (χ3v) is 5.98. The van der Waals surface area contributed by atoms with Crippen molar-refractivity contribution in [1.82, 2.24) is 14.9 Å². The highest BCUT2D eigenvalue weighted by atomic mass is 35.5. The highest BCUT2D eigenvalue weighted by molar-refractivity contribution is 8.08. The largest absolute Gasteiger partial charge is 0.486 e. The Labute approximate surface area is 208 Å². The number of hydrogen-bond donors (Lipinski definition) is 1. The summed E-state index contributed by atoms with van der Waals surface area (Å²) in [7, 11) is 0. The number of benzene rings is 2. The molecule has 0 aliphatic heterocycles. The predicted molar refractivity (Wildman–Crippen MR) is 131 cm³/mol. The van der Waals surface area contributed by atoms with E-state index in [1.165, 1.54) is 22.9 Å². The number of hydrogen-bond acceptors (Lipinski definition) is 9. The maximum atomic E-state index is 12.9. The molecule has 0 bridgehead atoms. The van der Waals surface area contributed by atoms with Gasteiger partial charge in [-0.05, 0) is 49.0 Å². The van der Waals surface area contributed by atoms with E-state index in [1.54, 1.807) is 36.4 Å². The van der Waals surface area contributed by atoms with Crippen LogP contribution in [-0.4, -0.2) is 25.6 Å². The van der Waals surface area contributed by atoms with E-state index < -0.39 is 10.8 Å². The SMILES string of the molecule is Cc1ccc(C(=O)/C=C(/Sc2nnc(COc3ccc(Cl)cc3)n2N)c2ccc([N+](=O)[O-])o2)cc1. The maximum Gasteiger partial charge on any atom is 0.433 e. The van der Waals surface area contributed by atoms with Gasteiger partial charge in [-0.15, -0.1) is 10.2 Å². The molecule has 0 aliphatic carbocycles. The van der Waals surface area contributed by atoms with Gasteiger partial charge in [-0.1, -0.05) is 41.4 Å². The maximum absolute atomic E-state index is 12.9. The lowest BCUT2D eigenvalue weighted by molar-refractivity contribution is -0.402. The molecule has 2 aromatic carbocycles. The number of thioether (sulfide) groups is 1. The van der Waals surface area contributed by atoms with E-state index in [0.717, 1.165) is 17.3 Å². The summed E-state index contributed by atoms with van der Waals surface area (Å²) in [6, 6.07) is 16.4. The number of nitrogen functional groups attached to an aromatic ring is 1. The summed E-state index contributed by atoms with van der Waals surface area (Å²) in [5, 5.41) is 20.0.